The van der Waals surface area contributed by atoms with Crippen molar-refractivity contribution in [1.82, 2.24) is 49.5 Å². The van der Waals surface area contributed by atoms with Crippen LogP contribution in [0.5, 0.6) is 0 Å². The summed E-state index contributed by atoms with van der Waals surface area (Å²) in [4.78, 5) is 21.3. The number of H-pyrrole nitrogens is 2. The van der Waals surface area contributed by atoms with E-state index in [1.807, 2.05) is 37.0 Å². The van der Waals surface area contributed by atoms with Crippen molar-refractivity contribution in [1.29, 1.82) is 0 Å². The third-order valence-electron chi connectivity index (χ3n) is 5.04. The van der Waals surface area contributed by atoms with Crippen LogP contribution in [0.15, 0.2) is 49.6 Å². The number of nitrogens with one attached hydrogen (secondary N) is 2. The Labute approximate surface area is 169 Å². The van der Waals surface area contributed by atoms with E-state index in [4.69, 9.17) is 4.98 Å². The van der Waals surface area contributed by atoms with E-state index in [1.165, 1.54) is 0 Å². The molecule has 0 aliphatic carbocycles. The van der Waals surface area contributed by atoms with Crippen LogP contribution in [0.25, 0.3) is 50.4 Å². The number of aromatic nitrogens is 10. The summed E-state index contributed by atoms with van der Waals surface area (Å²) in [5.41, 5.74) is 6.73. The van der Waals surface area contributed by atoms with Crippen LogP contribution >= 0.6 is 0 Å². The molecule has 0 saturated heterocycles. The van der Waals surface area contributed by atoms with Crippen molar-refractivity contribution in [3.63, 3.8) is 0 Å². The Kier molecular flexibility index (Phi) is 3.36. The molecule has 0 aliphatic rings. The summed E-state index contributed by atoms with van der Waals surface area (Å²) in [5.74, 6) is 0.658. The molecule has 0 saturated carbocycles. The predicted octanol–water partition coefficient (Wildman–Crippen LogP) is 2.79. The van der Waals surface area contributed by atoms with Crippen molar-refractivity contribution < 1.29 is 0 Å². The van der Waals surface area contributed by atoms with Gasteiger partial charge in [-0.25, -0.2) is 9.97 Å². The molecule has 2 N–H and O–H groups in total. The van der Waals surface area contributed by atoms with Crippen molar-refractivity contribution in [2.24, 2.45) is 7.05 Å². The molecule has 0 atom stereocenters. The van der Waals surface area contributed by atoms with Crippen LogP contribution in [-0.2, 0) is 7.05 Å². The van der Waals surface area contributed by atoms with Crippen molar-refractivity contribution in [2.75, 3.05) is 0 Å². The van der Waals surface area contributed by atoms with Crippen LogP contribution in [-0.4, -0.2) is 49.5 Å². The second-order valence-corrected chi connectivity index (χ2v) is 7.15. The number of hydrogen-bond acceptors (Lipinski definition) is 6. The average Bonchev–Trinajstić information content (AvgIpc) is 3.52. The van der Waals surface area contributed by atoms with Gasteiger partial charge in [0, 0.05) is 30.4 Å². The normalized spacial score (nSPS) is 11.7. The summed E-state index contributed by atoms with van der Waals surface area (Å²) in [6.45, 7) is 1.95. The number of aryl methyl sites for hydroxylation is 2. The number of rotatable bonds is 3. The molecular weight excluding hydrogens is 380 g/mol. The fourth-order valence-corrected chi connectivity index (χ4v) is 3.58. The maximum absolute atomic E-state index is 4.83. The Hall–Kier alpha value is -4.34. The highest BCUT2D eigenvalue weighted by atomic mass is 15.2. The van der Waals surface area contributed by atoms with E-state index in [0.717, 1.165) is 50.3 Å². The number of pyridine rings is 2. The molecule has 0 unspecified atom stereocenters. The van der Waals surface area contributed by atoms with Gasteiger partial charge in [0.05, 0.1) is 59.2 Å². The number of aromatic amines is 2. The van der Waals surface area contributed by atoms with E-state index in [1.54, 1.807) is 35.8 Å². The first-order chi connectivity index (χ1) is 14.7. The van der Waals surface area contributed by atoms with Gasteiger partial charge in [-0.15, -0.1) is 0 Å². The van der Waals surface area contributed by atoms with Crippen molar-refractivity contribution in [3.8, 4) is 28.5 Å². The van der Waals surface area contributed by atoms with Crippen LogP contribution in [0.4, 0.5) is 0 Å². The van der Waals surface area contributed by atoms with Crippen molar-refractivity contribution >= 4 is 21.9 Å². The summed E-state index contributed by atoms with van der Waals surface area (Å²) < 4.78 is 3.67. The van der Waals surface area contributed by atoms with Gasteiger partial charge in [0.2, 0.25) is 0 Å². The topological polar surface area (TPSA) is 119 Å². The monoisotopic (exact) mass is 396 g/mol. The summed E-state index contributed by atoms with van der Waals surface area (Å²) in [7, 11) is 1.88. The molecular formula is C20H16N10. The number of fused-ring (bicyclic) bond motifs is 2. The first-order valence-electron chi connectivity index (χ1n) is 9.34. The minimum absolute atomic E-state index is 0.658. The lowest BCUT2D eigenvalue weighted by atomic mass is 10.1. The molecule has 0 aliphatic heterocycles. The molecule has 0 bridgehead atoms. The minimum atomic E-state index is 0.658. The Morgan fingerprint density at radius 2 is 1.93 bits per heavy atom. The highest BCUT2D eigenvalue weighted by molar-refractivity contribution is 5.95. The molecule has 6 heterocycles. The van der Waals surface area contributed by atoms with E-state index in [-0.39, 0.29) is 0 Å². The smallest absolute Gasteiger partial charge is 0.159 e. The summed E-state index contributed by atoms with van der Waals surface area (Å²) in [5, 5.41) is 12.7. The van der Waals surface area contributed by atoms with Gasteiger partial charge >= 0.3 is 0 Å². The quantitative estimate of drug-likeness (QED) is 0.475. The van der Waals surface area contributed by atoms with E-state index < -0.39 is 0 Å². The lowest BCUT2D eigenvalue weighted by Gasteiger charge is -2.01. The van der Waals surface area contributed by atoms with Gasteiger partial charge in [-0.2, -0.15) is 10.2 Å². The summed E-state index contributed by atoms with van der Waals surface area (Å²) in [6, 6.07) is 2.00. The zero-order chi connectivity index (χ0) is 20.2. The molecule has 0 aromatic carbocycles. The number of hydrogen-bond donors (Lipinski definition) is 2. The minimum Gasteiger partial charge on any atom is -0.335 e. The Balaban J connectivity index is 1.52. The third kappa shape index (κ3) is 2.50. The van der Waals surface area contributed by atoms with Crippen LogP contribution in [0.3, 0.4) is 0 Å². The highest BCUT2D eigenvalue weighted by Gasteiger charge is 2.16. The molecule has 6 aromatic rings. The Morgan fingerprint density at radius 1 is 1.00 bits per heavy atom. The first kappa shape index (κ1) is 16.6. The molecule has 6 aromatic heterocycles. The standard InChI is InChI=1S/C20H16N10/c1-11-8-30(10-23-11)17-7-21-5-16-19(17)26-20(25-16)18-13-3-14(12-4-24-29(2)9-12)22-6-15(13)27-28-18/h3-10H,1-2H3,(H,25,26)(H,27,28). The largest absolute Gasteiger partial charge is 0.335 e. The molecule has 146 valence electrons. The number of nitrogens with zero attached hydrogens (tertiary/aromatic N) is 8. The first-order valence-corrected chi connectivity index (χ1v) is 9.34. The average molecular weight is 396 g/mol. The van der Waals surface area contributed by atoms with E-state index in [9.17, 15) is 0 Å². The highest BCUT2D eigenvalue weighted by Crippen LogP contribution is 2.30. The number of imidazole rings is 2. The fourth-order valence-electron chi connectivity index (χ4n) is 3.58. The second-order valence-electron chi connectivity index (χ2n) is 7.15. The summed E-state index contributed by atoms with van der Waals surface area (Å²) in [6.07, 6.45) is 12.7. The van der Waals surface area contributed by atoms with Crippen LogP contribution in [0.1, 0.15) is 5.69 Å². The molecule has 0 spiro atoms. The molecule has 0 fully saturated rings. The van der Waals surface area contributed by atoms with E-state index >= 15 is 0 Å². The molecule has 6 rings (SSSR count). The maximum Gasteiger partial charge on any atom is 0.159 e. The van der Waals surface area contributed by atoms with Gasteiger partial charge in [0.15, 0.2) is 5.82 Å². The van der Waals surface area contributed by atoms with Gasteiger partial charge in [0.1, 0.15) is 11.2 Å². The Bertz CT molecular complexity index is 1530. The molecule has 10 heteroatoms. The lowest BCUT2D eigenvalue weighted by molar-refractivity contribution is 0.768. The summed E-state index contributed by atoms with van der Waals surface area (Å²) >= 11 is 0. The molecule has 30 heavy (non-hydrogen) atoms. The second kappa shape index (κ2) is 6.08. The molecule has 0 radical (unpaired) electrons. The Morgan fingerprint density at radius 3 is 2.73 bits per heavy atom. The SMILES string of the molecule is Cc1cn(-c2cncc3[nH]c(-c4n[nH]c5cnc(-c6cnn(C)c6)cc45)nc23)cn1. The third-order valence-corrected chi connectivity index (χ3v) is 5.04. The van der Waals surface area contributed by atoms with Gasteiger partial charge in [-0.1, -0.05) is 0 Å². The van der Waals surface area contributed by atoms with Gasteiger partial charge in [-0.05, 0) is 13.0 Å². The van der Waals surface area contributed by atoms with Crippen LogP contribution < -0.4 is 0 Å². The maximum atomic E-state index is 4.83. The zero-order valence-electron chi connectivity index (χ0n) is 16.2. The van der Waals surface area contributed by atoms with Gasteiger partial charge in [0.25, 0.3) is 0 Å². The van der Waals surface area contributed by atoms with Crippen molar-refractivity contribution in [3.05, 3.63) is 55.3 Å². The van der Waals surface area contributed by atoms with Gasteiger partial charge in [-0.3, -0.25) is 19.7 Å². The van der Waals surface area contributed by atoms with E-state index in [2.05, 4.69) is 35.2 Å². The van der Waals surface area contributed by atoms with Gasteiger partial charge < -0.3 is 9.55 Å². The van der Waals surface area contributed by atoms with Crippen LogP contribution in [0, 0.1) is 6.92 Å². The molecule has 0 amide bonds. The fraction of sp³-hybridized carbons (Fsp3) is 0.100. The van der Waals surface area contributed by atoms with Crippen molar-refractivity contribution in [2.45, 2.75) is 6.92 Å². The zero-order valence-corrected chi connectivity index (χ0v) is 16.2. The lowest BCUT2D eigenvalue weighted by Crippen LogP contribution is -1.92. The van der Waals surface area contributed by atoms with E-state index in [0.29, 0.717) is 5.82 Å². The predicted molar refractivity (Wildman–Crippen MR) is 111 cm³/mol. The van der Waals surface area contributed by atoms with Crippen LogP contribution in [0.2, 0.25) is 0 Å². The molecule has 10 nitrogen and oxygen atoms in total.